The molecule has 4 rings (SSSR count). The Morgan fingerprint density at radius 1 is 1.05 bits per heavy atom. The Bertz CT molecular complexity index is 1000. The first-order valence-corrected chi connectivity index (χ1v) is 14.3. The van der Waals surface area contributed by atoms with E-state index in [-0.39, 0.29) is 75.2 Å². The second-order valence-electron chi connectivity index (χ2n) is 13.6. The normalized spacial score (nSPS) is 45.0. The molecule has 7 heteroatoms. The van der Waals surface area contributed by atoms with Crippen LogP contribution in [0.2, 0.25) is 0 Å². The number of rotatable bonds is 5. The Labute approximate surface area is 251 Å². The van der Waals surface area contributed by atoms with Crippen LogP contribution in [0, 0.1) is 39.9 Å². The molecule has 0 aliphatic heterocycles. The maximum Gasteiger partial charge on any atom is 1.00 e. The summed E-state index contributed by atoms with van der Waals surface area (Å²) < 4.78 is 5.84. The van der Waals surface area contributed by atoms with E-state index >= 15 is 0 Å². The van der Waals surface area contributed by atoms with Crippen molar-refractivity contribution in [1.82, 2.24) is 0 Å². The molecule has 208 valence electrons. The van der Waals surface area contributed by atoms with Gasteiger partial charge in [0.05, 0.1) is 18.2 Å². The molecule has 4 saturated carbocycles. The van der Waals surface area contributed by atoms with Crippen LogP contribution >= 0.6 is 0 Å². The van der Waals surface area contributed by atoms with Gasteiger partial charge < -0.3 is 24.9 Å². The minimum Gasteiger partial charge on any atom is -0.545 e. The number of esters is 1. The van der Waals surface area contributed by atoms with Gasteiger partial charge in [0.1, 0.15) is 6.10 Å². The van der Waals surface area contributed by atoms with Crippen molar-refractivity contribution < 1.29 is 59.2 Å². The van der Waals surface area contributed by atoms with E-state index in [1.807, 2.05) is 19.9 Å². The monoisotopic (exact) mass is 538 g/mol. The van der Waals surface area contributed by atoms with Crippen molar-refractivity contribution >= 4 is 11.9 Å². The number of aliphatic hydroxyl groups is 2. The number of hydrogen-bond acceptors (Lipinski definition) is 6. The number of carboxylic acid groups (broad SMARTS) is 1. The van der Waals surface area contributed by atoms with Crippen molar-refractivity contribution in [2.45, 2.75) is 118 Å². The van der Waals surface area contributed by atoms with E-state index in [0.29, 0.717) is 37.2 Å². The van der Waals surface area contributed by atoms with E-state index in [2.05, 4.69) is 27.7 Å². The van der Waals surface area contributed by atoms with E-state index in [9.17, 15) is 24.9 Å². The van der Waals surface area contributed by atoms with Crippen LogP contribution in [0.3, 0.4) is 0 Å². The molecule has 38 heavy (non-hydrogen) atoms. The number of allylic oxidation sites excluding steroid dienone is 2. The Hall–Kier alpha value is -0.660. The molecule has 0 amide bonds. The van der Waals surface area contributed by atoms with E-state index < -0.39 is 24.1 Å². The fourth-order valence-electron chi connectivity index (χ4n) is 9.78. The van der Waals surface area contributed by atoms with Crippen molar-refractivity contribution in [3.05, 3.63) is 22.8 Å². The average molecular weight is 539 g/mol. The summed E-state index contributed by atoms with van der Waals surface area (Å²) in [4.78, 5) is 24.7. The number of aliphatic carboxylic acids is 1. The molecule has 0 aromatic carbocycles. The van der Waals surface area contributed by atoms with E-state index in [1.165, 1.54) is 6.92 Å². The molecule has 0 saturated heterocycles. The minimum atomic E-state index is -1.20. The number of hydrogen-bond donors (Lipinski definition) is 2. The summed E-state index contributed by atoms with van der Waals surface area (Å²) in [5.41, 5.74) is 1.31. The molecule has 10 atom stereocenters. The summed E-state index contributed by atoms with van der Waals surface area (Å²) in [5, 5.41) is 35.0. The number of ether oxygens (including phenoxy) is 1. The summed E-state index contributed by atoms with van der Waals surface area (Å²) in [6.45, 7) is 14.4. The van der Waals surface area contributed by atoms with E-state index in [1.54, 1.807) is 0 Å². The van der Waals surface area contributed by atoms with E-state index in [4.69, 9.17) is 4.74 Å². The van der Waals surface area contributed by atoms with Crippen LogP contribution in [-0.4, -0.2) is 40.5 Å². The number of carbonyl (C=O) groups is 2. The van der Waals surface area contributed by atoms with Crippen molar-refractivity contribution in [3.8, 4) is 0 Å². The molecule has 0 heterocycles. The molecule has 6 nitrogen and oxygen atoms in total. The molecular weight excluding hydrogens is 491 g/mol. The largest absolute Gasteiger partial charge is 1.00 e. The summed E-state index contributed by atoms with van der Waals surface area (Å²) in [7, 11) is 0. The van der Waals surface area contributed by atoms with Crippen molar-refractivity contribution in [1.29, 1.82) is 0 Å². The Kier molecular flexibility index (Phi) is 9.49. The third-order valence-corrected chi connectivity index (χ3v) is 11.6. The molecule has 0 bridgehead atoms. The van der Waals surface area contributed by atoms with E-state index in [0.717, 1.165) is 31.3 Å². The Morgan fingerprint density at radius 3 is 2.29 bits per heavy atom. The molecule has 0 aromatic heterocycles. The van der Waals surface area contributed by atoms with Gasteiger partial charge in [-0.1, -0.05) is 39.3 Å². The molecule has 0 spiro atoms. The first kappa shape index (κ1) is 31.9. The topological polar surface area (TPSA) is 107 Å². The predicted molar refractivity (Wildman–Crippen MR) is 140 cm³/mol. The van der Waals surface area contributed by atoms with Gasteiger partial charge in [0.2, 0.25) is 0 Å². The molecular formula is C31H47NaO6. The van der Waals surface area contributed by atoms with Gasteiger partial charge in [-0.25, -0.2) is 0 Å². The SMILES string of the molecule is CC(=O)OC1C[C@]2(C)[C@@H](C[C@H](O)C3[C@@]4(C)CC[C@H](O)[C@H](C)[C@H]4CC[C@]32C)/C1=C(\CCC=C(C)C)C(=O)[O-].[Na+]. The molecule has 4 aliphatic carbocycles. The first-order chi connectivity index (χ1) is 17.2. The standard InChI is InChI=1S/C31H48O6.Na/c1-17(2)9-8-10-20(28(35)36)26-22-15-24(34)27-29(5)13-12-23(33)18(3)21(29)11-14-30(27,6)31(22,7)16-25(26)37-19(4)32;/h9,18,21-25,27,33-34H,8,10-16H2,1-7H3,(H,35,36);/q;+1/p-1/b26-20-;/t18-,21-,22+,23+,24+,25?,27?,29+,30-,31-;/m1./s1. The summed E-state index contributed by atoms with van der Waals surface area (Å²) in [6.07, 6.45) is 5.92. The fourth-order valence-corrected chi connectivity index (χ4v) is 9.78. The number of aliphatic hydroxyl groups excluding tert-OH is 2. The third-order valence-electron chi connectivity index (χ3n) is 11.6. The van der Waals surface area contributed by atoms with Gasteiger partial charge >= 0.3 is 35.5 Å². The second-order valence-corrected chi connectivity index (χ2v) is 13.6. The van der Waals surface area contributed by atoms with Gasteiger partial charge in [-0.2, -0.15) is 0 Å². The summed E-state index contributed by atoms with van der Waals surface area (Å²) >= 11 is 0. The number of fused-ring (bicyclic) bond motifs is 5. The van der Waals surface area contributed by atoms with Gasteiger partial charge in [-0.15, -0.1) is 0 Å². The Morgan fingerprint density at radius 2 is 1.71 bits per heavy atom. The zero-order chi connectivity index (χ0) is 27.5. The molecule has 4 aliphatic rings. The van der Waals surface area contributed by atoms with Crippen LogP contribution in [-0.2, 0) is 14.3 Å². The van der Waals surface area contributed by atoms with Gasteiger partial charge in [-0.3, -0.25) is 4.79 Å². The zero-order valence-electron chi connectivity index (χ0n) is 24.8. The predicted octanol–water partition coefficient (Wildman–Crippen LogP) is 1.34. The third kappa shape index (κ3) is 5.00. The fraction of sp³-hybridized carbons (Fsp3) is 0.806. The summed E-state index contributed by atoms with van der Waals surface area (Å²) in [6, 6.07) is 0. The van der Waals surface area contributed by atoms with Crippen LogP contribution in [0.4, 0.5) is 0 Å². The maximum atomic E-state index is 12.5. The van der Waals surface area contributed by atoms with Gasteiger partial charge in [0, 0.05) is 6.92 Å². The van der Waals surface area contributed by atoms with Crippen LogP contribution in [0.15, 0.2) is 22.8 Å². The minimum absolute atomic E-state index is 0. The van der Waals surface area contributed by atoms with Gasteiger partial charge in [0.25, 0.3) is 0 Å². The van der Waals surface area contributed by atoms with Crippen molar-refractivity contribution in [2.75, 3.05) is 0 Å². The number of carboxylic acids is 1. The molecule has 2 unspecified atom stereocenters. The van der Waals surface area contributed by atoms with Crippen molar-refractivity contribution in [3.63, 3.8) is 0 Å². The zero-order valence-corrected chi connectivity index (χ0v) is 26.8. The molecule has 0 aromatic rings. The molecule has 0 radical (unpaired) electrons. The average Bonchev–Trinajstić information content (AvgIpc) is 3.05. The van der Waals surface area contributed by atoms with Crippen LogP contribution < -0.4 is 34.7 Å². The second kappa shape index (κ2) is 11.3. The van der Waals surface area contributed by atoms with Gasteiger partial charge in [0.15, 0.2) is 0 Å². The number of carbonyl (C=O) groups excluding carboxylic acids is 2. The van der Waals surface area contributed by atoms with Gasteiger partial charge in [-0.05, 0) is 116 Å². The van der Waals surface area contributed by atoms with Crippen LogP contribution in [0.25, 0.3) is 0 Å². The van der Waals surface area contributed by atoms with Crippen molar-refractivity contribution in [2.24, 2.45) is 39.9 Å². The summed E-state index contributed by atoms with van der Waals surface area (Å²) in [5.74, 6) is -1.25. The maximum absolute atomic E-state index is 12.5. The molecule has 4 fully saturated rings. The smallest absolute Gasteiger partial charge is 0.545 e. The molecule has 2 N–H and O–H groups in total. The van der Waals surface area contributed by atoms with Crippen LogP contribution in [0.5, 0.6) is 0 Å². The quantitative estimate of drug-likeness (QED) is 0.237. The Balaban J connectivity index is 0.00000400. The first-order valence-electron chi connectivity index (χ1n) is 14.3. The van der Waals surface area contributed by atoms with Crippen LogP contribution in [0.1, 0.15) is 99.8 Å².